The Balaban J connectivity index is 1.67. The molecule has 9 heteroatoms. The molecule has 0 unspecified atom stereocenters. The molecule has 2 heterocycles. The van der Waals surface area contributed by atoms with E-state index in [9.17, 15) is 4.79 Å². The predicted octanol–water partition coefficient (Wildman–Crippen LogP) is 6.91. The molecule has 0 saturated heterocycles. The molecule has 0 atom stereocenters. The summed E-state index contributed by atoms with van der Waals surface area (Å²) in [5, 5.41) is 6.35. The summed E-state index contributed by atoms with van der Waals surface area (Å²) in [6.45, 7) is 4.78. The number of halogens is 2. The van der Waals surface area contributed by atoms with Gasteiger partial charge in [-0.05, 0) is 83.9 Å². The van der Waals surface area contributed by atoms with Crippen molar-refractivity contribution in [3.05, 3.63) is 86.1 Å². The standard InChI is InChI=1S/C27H21BrClN3O4/c1-3-34-23-12-16(11-20(28)25(23)35-4-2)15-30-32-26(31-21-8-6-5-7-19(21)27(32)33)24-14-17-13-18(29)9-10-22(17)36-24/h5-15H,3-4H2,1-2H3. The van der Waals surface area contributed by atoms with Crippen molar-refractivity contribution in [2.24, 2.45) is 5.10 Å². The van der Waals surface area contributed by atoms with Crippen LogP contribution in [0.15, 0.2) is 79.4 Å². The zero-order chi connectivity index (χ0) is 25.2. The Kier molecular flexibility index (Phi) is 6.80. The van der Waals surface area contributed by atoms with Crippen molar-refractivity contribution >= 4 is 55.6 Å². The summed E-state index contributed by atoms with van der Waals surface area (Å²) in [4.78, 5) is 18.2. The van der Waals surface area contributed by atoms with Gasteiger partial charge in [-0.3, -0.25) is 4.79 Å². The normalized spacial score (nSPS) is 11.6. The molecule has 0 saturated carbocycles. The molecule has 0 fully saturated rings. The summed E-state index contributed by atoms with van der Waals surface area (Å²) in [5.74, 6) is 1.86. The van der Waals surface area contributed by atoms with E-state index in [1.54, 1.807) is 48.7 Å². The van der Waals surface area contributed by atoms with Crippen molar-refractivity contribution in [3.63, 3.8) is 0 Å². The zero-order valence-electron chi connectivity index (χ0n) is 19.5. The second-order valence-electron chi connectivity index (χ2n) is 7.80. The number of rotatable bonds is 7. The van der Waals surface area contributed by atoms with Crippen LogP contribution in [-0.4, -0.2) is 29.1 Å². The quantitative estimate of drug-likeness (QED) is 0.200. The van der Waals surface area contributed by atoms with Crippen LogP contribution < -0.4 is 15.0 Å². The molecular weight excluding hydrogens is 546 g/mol. The molecule has 5 aromatic rings. The van der Waals surface area contributed by atoms with Crippen molar-refractivity contribution in [2.45, 2.75) is 13.8 Å². The van der Waals surface area contributed by atoms with Gasteiger partial charge in [0.1, 0.15) is 5.58 Å². The first kappa shape index (κ1) is 24.1. The maximum absolute atomic E-state index is 13.5. The van der Waals surface area contributed by atoms with E-state index in [0.29, 0.717) is 57.5 Å². The molecule has 7 nitrogen and oxygen atoms in total. The number of para-hydroxylation sites is 1. The van der Waals surface area contributed by atoms with Gasteiger partial charge in [0.2, 0.25) is 5.82 Å². The molecule has 182 valence electrons. The van der Waals surface area contributed by atoms with Crippen LogP contribution in [0.3, 0.4) is 0 Å². The maximum Gasteiger partial charge on any atom is 0.282 e. The first-order valence-electron chi connectivity index (χ1n) is 11.3. The van der Waals surface area contributed by atoms with E-state index in [1.165, 1.54) is 4.68 Å². The average Bonchev–Trinajstić information content (AvgIpc) is 3.28. The number of aromatic nitrogens is 2. The van der Waals surface area contributed by atoms with Gasteiger partial charge in [0.15, 0.2) is 17.3 Å². The first-order valence-corrected chi connectivity index (χ1v) is 12.5. The third kappa shape index (κ3) is 4.62. The van der Waals surface area contributed by atoms with E-state index in [1.807, 2.05) is 32.0 Å². The van der Waals surface area contributed by atoms with Crippen molar-refractivity contribution < 1.29 is 13.9 Å². The molecule has 3 aromatic carbocycles. The average molecular weight is 567 g/mol. The summed E-state index contributed by atoms with van der Waals surface area (Å²) in [5.41, 5.74) is 1.56. The van der Waals surface area contributed by atoms with Gasteiger partial charge in [0.05, 0.1) is 34.8 Å². The van der Waals surface area contributed by atoms with Crippen molar-refractivity contribution in [1.29, 1.82) is 0 Å². The van der Waals surface area contributed by atoms with Gasteiger partial charge in [-0.15, -0.1) is 0 Å². The second-order valence-corrected chi connectivity index (χ2v) is 9.09. The minimum atomic E-state index is -0.319. The molecule has 5 rings (SSSR count). The van der Waals surface area contributed by atoms with Crippen LogP contribution in [0.4, 0.5) is 0 Å². The van der Waals surface area contributed by atoms with Crippen LogP contribution in [0, 0.1) is 0 Å². The molecule has 36 heavy (non-hydrogen) atoms. The van der Waals surface area contributed by atoms with E-state index >= 15 is 0 Å². The van der Waals surface area contributed by atoms with Crippen LogP contribution in [0.25, 0.3) is 33.5 Å². The molecule has 0 N–H and O–H groups in total. The summed E-state index contributed by atoms with van der Waals surface area (Å²) in [7, 11) is 0. The van der Waals surface area contributed by atoms with Gasteiger partial charge in [0.25, 0.3) is 5.56 Å². The third-order valence-corrected chi connectivity index (χ3v) is 6.22. The molecule has 0 spiro atoms. The Morgan fingerprint density at radius 2 is 1.89 bits per heavy atom. The molecule has 0 aliphatic heterocycles. The fourth-order valence-electron chi connectivity index (χ4n) is 3.85. The van der Waals surface area contributed by atoms with Crippen molar-refractivity contribution in [1.82, 2.24) is 9.66 Å². The molecule has 0 aliphatic carbocycles. The maximum atomic E-state index is 13.5. The Morgan fingerprint density at radius 1 is 1.08 bits per heavy atom. The monoisotopic (exact) mass is 565 g/mol. The number of hydrogen-bond acceptors (Lipinski definition) is 6. The summed E-state index contributed by atoms with van der Waals surface area (Å²) in [6, 6.07) is 17.9. The number of benzene rings is 3. The lowest BCUT2D eigenvalue weighted by Gasteiger charge is -2.13. The van der Waals surface area contributed by atoms with Crippen LogP contribution in [-0.2, 0) is 0 Å². The van der Waals surface area contributed by atoms with Crippen LogP contribution >= 0.6 is 27.5 Å². The van der Waals surface area contributed by atoms with E-state index in [-0.39, 0.29) is 11.4 Å². The number of furan rings is 1. The van der Waals surface area contributed by atoms with Crippen molar-refractivity contribution in [3.8, 4) is 23.1 Å². The van der Waals surface area contributed by atoms with E-state index in [4.69, 9.17) is 30.5 Å². The predicted molar refractivity (Wildman–Crippen MR) is 146 cm³/mol. The Morgan fingerprint density at radius 3 is 2.69 bits per heavy atom. The molecule has 0 radical (unpaired) electrons. The van der Waals surface area contributed by atoms with E-state index in [0.717, 1.165) is 9.86 Å². The van der Waals surface area contributed by atoms with Gasteiger partial charge >= 0.3 is 0 Å². The van der Waals surface area contributed by atoms with Crippen LogP contribution in [0.5, 0.6) is 11.5 Å². The second kappa shape index (κ2) is 10.2. The highest BCUT2D eigenvalue weighted by Gasteiger charge is 2.17. The topological polar surface area (TPSA) is 78.9 Å². The van der Waals surface area contributed by atoms with Gasteiger partial charge in [0, 0.05) is 10.4 Å². The summed E-state index contributed by atoms with van der Waals surface area (Å²) >= 11 is 9.69. The molecule has 0 amide bonds. The van der Waals surface area contributed by atoms with E-state index in [2.05, 4.69) is 21.0 Å². The Hall–Kier alpha value is -3.62. The summed E-state index contributed by atoms with van der Waals surface area (Å²) in [6.07, 6.45) is 1.57. The van der Waals surface area contributed by atoms with E-state index < -0.39 is 0 Å². The Bertz CT molecular complexity index is 1680. The van der Waals surface area contributed by atoms with Gasteiger partial charge in [-0.1, -0.05) is 23.7 Å². The lowest BCUT2D eigenvalue weighted by Crippen LogP contribution is -2.20. The number of ether oxygens (including phenoxy) is 2. The summed E-state index contributed by atoms with van der Waals surface area (Å²) < 4.78 is 19.5. The molecule has 2 aromatic heterocycles. The van der Waals surface area contributed by atoms with Crippen molar-refractivity contribution in [2.75, 3.05) is 13.2 Å². The third-order valence-electron chi connectivity index (χ3n) is 5.40. The SMILES string of the molecule is CCOc1cc(C=Nn2c(-c3cc4cc(Cl)ccc4o3)nc3ccccc3c2=O)cc(Br)c1OCC. The highest BCUT2D eigenvalue weighted by atomic mass is 79.9. The Labute approximate surface area is 220 Å². The smallest absolute Gasteiger partial charge is 0.282 e. The minimum Gasteiger partial charge on any atom is -0.490 e. The number of nitrogens with zero attached hydrogens (tertiary/aromatic N) is 3. The lowest BCUT2D eigenvalue weighted by molar-refractivity contribution is 0.286. The highest BCUT2D eigenvalue weighted by Crippen LogP contribution is 2.36. The van der Waals surface area contributed by atoms with Gasteiger partial charge < -0.3 is 13.9 Å². The van der Waals surface area contributed by atoms with Crippen LogP contribution in [0.1, 0.15) is 19.4 Å². The number of hydrogen-bond donors (Lipinski definition) is 0. The molecule has 0 aliphatic rings. The lowest BCUT2D eigenvalue weighted by atomic mass is 10.2. The number of fused-ring (bicyclic) bond motifs is 2. The largest absolute Gasteiger partial charge is 0.490 e. The fraction of sp³-hybridized carbons (Fsp3) is 0.148. The zero-order valence-corrected chi connectivity index (χ0v) is 21.8. The minimum absolute atomic E-state index is 0.275. The fourth-order valence-corrected chi connectivity index (χ4v) is 4.60. The van der Waals surface area contributed by atoms with Gasteiger partial charge in [-0.2, -0.15) is 9.78 Å². The highest BCUT2D eigenvalue weighted by molar-refractivity contribution is 9.10. The van der Waals surface area contributed by atoms with Crippen LogP contribution in [0.2, 0.25) is 5.02 Å². The first-order chi connectivity index (χ1) is 17.5. The van der Waals surface area contributed by atoms with Gasteiger partial charge in [-0.25, -0.2) is 4.98 Å². The molecule has 0 bridgehead atoms. The molecular formula is C27H21BrClN3O4.